The molecule has 1 unspecified atom stereocenters. The summed E-state index contributed by atoms with van der Waals surface area (Å²) in [6.07, 6.45) is 0.496. The molecule has 128 valence electrons. The highest BCUT2D eigenvalue weighted by Gasteiger charge is 2.29. The average Bonchev–Trinajstić information content (AvgIpc) is 2.60. The van der Waals surface area contributed by atoms with Crippen LogP contribution in [-0.2, 0) is 15.1 Å². The lowest BCUT2D eigenvalue weighted by Gasteiger charge is -2.28. The van der Waals surface area contributed by atoms with Crippen molar-refractivity contribution in [3.63, 3.8) is 0 Å². The van der Waals surface area contributed by atoms with Gasteiger partial charge in [-0.15, -0.1) is 0 Å². The van der Waals surface area contributed by atoms with Crippen LogP contribution in [0.4, 0.5) is 0 Å². The smallest absolute Gasteiger partial charge is 0.344 e. The molecule has 0 saturated heterocycles. The van der Waals surface area contributed by atoms with Gasteiger partial charge < -0.3 is 14.6 Å². The van der Waals surface area contributed by atoms with Gasteiger partial charge in [-0.25, -0.2) is 4.79 Å². The highest BCUT2D eigenvalue weighted by Crippen LogP contribution is 2.34. The molecule has 2 rings (SSSR count). The van der Waals surface area contributed by atoms with Crippen LogP contribution in [0.2, 0.25) is 5.02 Å². The second kappa shape index (κ2) is 8.18. The minimum absolute atomic E-state index is 0.139. The zero-order valence-electron chi connectivity index (χ0n) is 13.8. The van der Waals surface area contributed by atoms with Gasteiger partial charge >= 0.3 is 5.97 Å². The summed E-state index contributed by atoms with van der Waals surface area (Å²) in [5, 5.41) is 11.7. The number of esters is 1. The number of carbonyl (C=O) groups is 1. The fraction of sp³-hybridized carbons (Fsp3) is 0.316. The van der Waals surface area contributed by atoms with Gasteiger partial charge in [0.2, 0.25) is 0 Å². The molecule has 1 N–H and O–H groups in total. The van der Waals surface area contributed by atoms with Crippen molar-refractivity contribution in [3.05, 3.63) is 64.7 Å². The molecule has 2 aromatic carbocycles. The van der Waals surface area contributed by atoms with E-state index in [0.29, 0.717) is 23.8 Å². The standard InChI is InChI=1S/C19H21ClO4/c1-3-19(22,15-6-5-7-16(20)12-15)14-8-10-17(11-9-14)24-13-18(21)23-4-2/h5-12,22H,3-4,13H2,1-2H3. The molecule has 0 aromatic heterocycles. The third kappa shape index (κ3) is 4.28. The van der Waals surface area contributed by atoms with Crippen molar-refractivity contribution in [1.29, 1.82) is 0 Å². The molecule has 5 heteroatoms. The summed E-state index contributed by atoms with van der Waals surface area (Å²) in [4.78, 5) is 11.3. The van der Waals surface area contributed by atoms with Gasteiger partial charge in [0.15, 0.2) is 6.61 Å². The Morgan fingerprint density at radius 2 is 1.83 bits per heavy atom. The highest BCUT2D eigenvalue weighted by molar-refractivity contribution is 6.30. The van der Waals surface area contributed by atoms with Gasteiger partial charge in [0.25, 0.3) is 0 Å². The largest absolute Gasteiger partial charge is 0.482 e. The third-order valence-corrected chi connectivity index (χ3v) is 4.04. The second-order valence-corrected chi connectivity index (χ2v) is 5.78. The highest BCUT2D eigenvalue weighted by atomic mass is 35.5. The van der Waals surface area contributed by atoms with E-state index in [9.17, 15) is 9.90 Å². The van der Waals surface area contributed by atoms with Crippen LogP contribution in [0.1, 0.15) is 31.4 Å². The van der Waals surface area contributed by atoms with Gasteiger partial charge in [-0.1, -0.05) is 42.8 Å². The molecule has 0 fully saturated rings. The molecule has 24 heavy (non-hydrogen) atoms. The number of hydrogen-bond acceptors (Lipinski definition) is 4. The molecule has 0 bridgehead atoms. The maximum absolute atomic E-state index is 11.3. The van der Waals surface area contributed by atoms with E-state index in [0.717, 1.165) is 11.1 Å². The maximum Gasteiger partial charge on any atom is 0.344 e. The molecule has 0 amide bonds. The zero-order valence-corrected chi connectivity index (χ0v) is 14.5. The summed E-state index contributed by atoms with van der Waals surface area (Å²) in [6.45, 7) is 3.84. The van der Waals surface area contributed by atoms with Crippen molar-refractivity contribution in [2.75, 3.05) is 13.2 Å². The number of hydrogen-bond donors (Lipinski definition) is 1. The van der Waals surface area contributed by atoms with E-state index < -0.39 is 11.6 Å². The molecule has 0 radical (unpaired) electrons. The summed E-state index contributed by atoms with van der Waals surface area (Å²) < 4.78 is 10.2. The quantitative estimate of drug-likeness (QED) is 0.770. The predicted octanol–water partition coefficient (Wildman–Crippen LogP) is 3.93. The van der Waals surface area contributed by atoms with Crippen molar-refractivity contribution in [2.45, 2.75) is 25.9 Å². The van der Waals surface area contributed by atoms with Gasteiger partial charge in [0.05, 0.1) is 6.61 Å². The first-order chi connectivity index (χ1) is 11.5. The lowest BCUT2D eigenvalue weighted by molar-refractivity contribution is -0.145. The predicted molar refractivity (Wildman–Crippen MR) is 93.3 cm³/mol. The molecular formula is C19H21ClO4. The van der Waals surface area contributed by atoms with E-state index in [1.807, 2.05) is 19.1 Å². The van der Waals surface area contributed by atoms with Crippen molar-refractivity contribution in [3.8, 4) is 5.75 Å². The van der Waals surface area contributed by atoms with Gasteiger partial charge in [-0.2, -0.15) is 0 Å². The zero-order chi connectivity index (χ0) is 17.6. The maximum atomic E-state index is 11.3. The summed E-state index contributed by atoms with van der Waals surface area (Å²) in [5.74, 6) is 0.127. The average molecular weight is 349 g/mol. The van der Waals surface area contributed by atoms with Crippen LogP contribution in [0.15, 0.2) is 48.5 Å². The van der Waals surface area contributed by atoms with E-state index in [-0.39, 0.29) is 6.61 Å². The Morgan fingerprint density at radius 1 is 1.12 bits per heavy atom. The summed E-state index contributed by atoms with van der Waals surface area (Å²) in [7, 11) is 0. The Morgan fingerprint density at radius 3 is 2.42 bits per heavy atom. The van der Waals surface area contributed by atoms with Crippen molar-refractivity contribution < 1.29 is 19.4 Å². The van der Waals surface area contributed by atoms with Crippen LogP contribution in [0.25, 0.3) is 0 Å². The van der Waals surface area contributed by atoms with E-state index in [1.54, 1.807) is 43.3 Å². The Kier molecular flexibility index (Phi) is 6.23. The molecule has 0 aliphatic carbocycles. The summed E-state index contributed by atoms with van der Waals surface area (Å²) in [6, 6.07) is 14.2. The molecule has 2 aromatic rings. The van der Waals surface area contributed by atoms with E-state index in [2.05, 4.69) is 0 Å². The van der Waals surface area contributed by atoms with E-state index in [1.165, 1.54) is 0 Å². The number of halogens is 1. The van der Waals surface area contributed by atoms with E-state index in [4.69, 9.17) is 21.1 Å². The van der Waals surface area contributed by atoms with Crippen molar-refractivity contribution in [1.82, 2.24) is 0 Å². The molecule has 0 heterocycles. The molecule has 1 atom stereocenters. The normalized spacial score (nSPS) is 13.2. The molecule has 0 saturated carbocycles. The van der Waals surface area contributed by atoms with Crippen LogP contribution in [0, 0.1) is 0 Å². The first kappa shape index (κ1) is 18.3. The third-order valence-electron chi connectivity index (χ3n) is 3.81. The molecule has 0 aliphatic rings. The monoisotopic (exact) mass is 348 g/mol. The fourth-order valence-corrected chi connectivity index (χ4v) is 2.68. The van der Waals surface area contributed by atoms with Gasteiger partial charge in [-0.05, 0) is 48.7 Å². The number of benzene rings is 2. The minimum Gasteiger partial charge on any atom is -0.482 e. The Balaban J connectivity index is 2.17. The number of aliphatic hydroxyl groups is 1. The SMILES string of the molecule is CCOC(=O)COc1ccc(C(O)(CC)c2cccc(Cl)c2)cc1. The topological polar surface area (TPSA) is 55.8 Å². The van der Waals surface area contributed by atoms with Gasteiger partial charge in [-0.3, -0.25) is 0 Å². The Bertz CT molecular complexity index is 684. The van der Waals surface area contributed by atoms with Crippen LogP contribution >= 0.6 is 11.6 Å². The number of rotatable bonds is 7. The van der Waals surface area contributed by atoms with Crippen LogP contribution in [0.5, 0.6) is 5.75 Å². The lowest BCUT2D eigenvalue weighted by atomic mass is 9.84. The number of carbonyl (C=O) groups excluding carboxylic acids is 1. The van der Waals surface area contributed by atoms with Crippen molar-refractivity contribution >= 4 is 17.6 Å². The lowest BCUT2D eigenvalue weighted by Crippen LogP contribution is -2.26. The van der Waals surface area contributed by atoms with Gasteiger partial charge in [0.1, 0.15) is 11.4 Å². The molecule has 0 aliphatic heterocycles. The summed E-state index contributed by atoms with van der Waals surface area (Å²) in [5.41, 5.74) is 0.332. The van der Waals surface area contributed by atoms with Crippen LogP contribution in [0.3, 0.4) is 0 Å². The molecule has 0 spiro atoms. The molecular weight excluding hydrogens is 328 g/mol. The summed E-state index contributed by atoms with van der Waals surface area (Å²) >= 11 is 6.04. The second-order valence-electron chi connectivity index (χ2n) is 5.34. The minimum atomic E-state index is -1.13. The van der Waals surface area contributed by atoms with E-state index >= 15 is 0 Å². The van der Waals surface area contributed by atoms with Gasteiger partial charge in [0, 0.05) is 5.02 Å². The molecule has 4 nitrogen and oxygen atoms in total. The van der Waals surface area contributed by atoms with Crippen molar-refractivity contribution in [2.24, 2.45) is 0 Å². The van der Waals surface area contributed by atoms with Crippen LogP contribution < -0.4 is 4.74 Å². The first-order valence-corrected chi connectivity index (χ1v) is 8.24. The Labute approximate surface area is 147 Å². The number of ether oxygens (including phenoxy) is 2. The van der Waals surface area contributed by atoms with Crippen LogP contribution in [-0.4, -0.2) is 24.3 Å². The first-order valence-electron chi connectivity index (χ1n) is 7.87. The fourth-order valence-electron chi connectivity index (χ4n) is 2.49. The Hall–Kier alpha value is -2.04.